The minimum atomic E-state index is -4.46. The minimum absolute atomic E-state index is 0.294. The van der Waals surface area contributed by atoms with Crippen molar-refractivity contribution in [3.63, 3.8) is 0 Å². The molecule has 0 fully saturated rings. The average molecular weight is 480 g/mol. The number of rotatable bonds is 3. The fraction of sp³-hybridized carbons (Fsp3) is 0.190. The Kier molecular flexibility index (Phi) is 5.87. The normalized spacial score (nSPS) is 15.8. The Hall–Kier alpha value is -3.05. The molecule has 1 aromatic carbocycles. The smallest absolute Gasteiger partial charge is 0.416 e. The van der Waals surface area contributed by atoms with Crippen LogP contribution in [0.3, 0.4) is 0 Å². The van der Waals surface area contributed by atoms with E-state index >= 15 is 0 Å². The molecule has 0 aliphatic carbocycles. The zero-order chi connectivity index (χ0) is 23.0. The van der Waals surface area contributed by atoms with Gasteiger partial charge in [-0.1, -0.05) is 17.8 Å². The summed E-state index contributed by atoms with van der Waals surface area (Å²) in [6, 6.07) is 8.78. The van der Waals surface area contributed by atoms with E-state index in [1.165, 1.54) is 17.7 Å². The van der Waals surface area contributed by atoms with Gasteiger partial charge in [0.05, 0.1) is 24.1 Å². The number of hydrogen-bond acceptors (Lipinski definition) is 7. The van der Waals surface area contributed by atoms with Crippen LogP contribution in [-0.2, 0) is 22.3 Å². The Bertz CT molecular complexity index is 1360. The van der Waals surface area contributed by atoms with Gasteiger partial charge < -0.3 is 9.64 Å². The van der Waals surface area contributed by atoms with Crippen molar-refractivity contribution in [3.8, 4) is 0 Å². The molecule has 0 unspecified atom stereocenters. The summed E-state index contributed by atoms with van der Waals surface area (Å²) >= 11 is 2.23. The average Bonchev–Trinajstić information content (AvgIpc) is 3.25. The quantitative estimate of drug-likeness (QED) is 0.539. The highest BCUT2D eigenvalue weighted by Gasteiger charge is 2.33. The minimum Gasteiger partial charge on any atom is -0.468 e. The maximum Gasteiger partial charge on any atom is 0.416 e. The van der Waals surface area contributed by atoms with Gasteiger partial charge in [-0.05, 0) is 36.4 Å². The van der Waals surface area contributed by atoms with Gasteiger partial charge >= 0.3 is 12.1 Å². The van der Waals surface area contributed by atoms with Crippen molar-refractivity contribution in [1.29, 1.82) is 0 Å². The number of methoxy groups -OCH3 is 1. The lowest BCUT2D eigenvalue weighted by atomic mass is 10.2. The number of hydrogen-bond donors (Lipinski definition) is 0. The Balaban J connectivity index is 1.90. The molecule has 0 saturated carbocycles. The first kappa shape index (κ1) is 22.2. The summed E-state index contributed by atoms with van der Waals surface area (Å²) in [4.78, 5) is 31.4. The molecule has 0 atom stereocenters. The molecule has 0 spiro atoms. The zero-order valence-electron chi connectivity index (χ0n) is 16.8. The Morgan fingerprint density at radius 1 is 1.25 bits per heavy atom. The maximum atomic E-state index is 13.2. The van der Waals surface area contributed by atoms with Crippen molar-refractivity contribution < 1.29 is 22.7 Å². The van der Waals surface area contributed by atoms with E-state index in [1.54, 1.807) is 42.4 Å². The van der Waals surface area contributed by atoms with Gasteiger partial charge in [-0.2, -0.15) is 13.2 Å². The topological polar surface area (TPSA) is 64.4 Å². The molecule has 0 bridgehead atoms. The molecule has 0 N–H and O–H groups in total. The van der Waals surface area contributed by atoms with Crippen LogP contribution in [0.2, 0.25) is 0 Å². The summed E-state index contributed by atoms with van der Waals surface area (Å²) < 4.78 is 46.1. The molecule has 6 nitrogen and oxygen atoms in total. The molecular formula is C21H16F3N3O3S2. The van der Waals surface area contributed by atoms with Crippen LogP contribution in [0.5, 0.6) is 0 Å². The number of thiazole rings is 1. The standard InChI is InChI=1S/C21H16F3N3O3S2/c1-26-14-7-6-12(21(22,23)24)9-15(14)31-20(26)18-19(29)27(11-17(28)30-2)16(32-18)10-13-5-3-4-8-25-13/h3-10H,11H2,1-2H3/b16-10-,20-18+. The van der Waals surface area contributed by atoms with Crippen LogP contribution in [-0.4, -0.2) is 29.7 Å². The van der Waals surface area contributed by atoms with Crippen LogP contribution in [0.25, 0.3) is 11.1 Å². The molecule has 3 aromatic rings. The third-order valence-corrected chi connectivity index (χ3v) is 7.21. The second kappa shape index (κ2) is 8.47. The van der Waals surface area contributed by atoms with Gasteiger partial charge in [-0.15, -0.1) is 11.3 Å². The number of nitrogens with zero attached hydrogens (tertiary/aromatic N) is 3. The zero-order valence-corrected chi connectivity index (χ0v) is 18.5. The van der Waals surface area contributed by atoms with Crippen LogP contribution >= 0.6 is 23.1 Å². The van der Waals surface area contributed by atoms with Crippen molar-refractivity contribution in [1.82, 2.24) is 9.55 Å². The largest absolute Gasteiger partial charge is 0.468 e. The lowest BCUT2D eigenvalue weighted by Gasteiger charge is -2.13. The summed E-state index contributed by atoms with van der Waals surface area (Å²) in [5.74, 6) is -0.595. The second-order valence-electron chi connectivity index (χ2n) is 6.78. The van der Waals surface area contributed by atoms with Gasteiger partial charge in [0.15, 0.2) is 0 Å². The van der Waals surface area contributed by atoms with Gasteiger partial charge in [-0.3, -0.25) is 19.1 Å². The number of benzene rings is 1. The predicted molar refractivity (Wildman–Crippen MR) is 117 cm³/mol. The molecule has 3 heterocycles. The van der Waals surface area contributed by atoms with Crippen molar-refractivity contribution >= 4 is 45.9 Å². The molecular weight excluding hydrogens is 463 g/mol. The number of esters is 1. The third kappa shape index (κ3) is 4.17. The number of aromatic nitrogens is 2. The van der Waals surface area contributed by atoms with Crippen LogP contribution in [0.4, 0.5) is 18.9 Å². The van der Waals surface area contributed by atoms with Crippen LogP contribution in [0, 0.1) is 0 Å². The number of ether oxygens (including phenoxy) is 1. The van der Waals surface area contributed by atoms with Gasteiger partial charge in [0.25, 0.3) is 5.56 Å². The Morgan fingerprint density at radius 2 is 2.03 bits per heavy atom. The van der Waals surface area contributed by atoms with Crippen LogP contribution in [0.15, 0.2) is 52.3 Å². The number of fused-ring (bicyclic) bond motifs is 1. The fourth-order valence-electron chi connectivity index (χ4n) is 3.13. The van der Waals surface area contributed by atoms with E-state index in [9.17, 15) is 22.8 Å². The lowest BCUT2D eigenvalue weighted by Crippen LogP contribution is -2.36. The molecule has 1 aliphatic rings. The number of carbonyl (C=O) groups is 1. The van der Waals surface area contributed by atoms with E-state index in [0.717, 1.165) is 35.2 Å². The highest BCUT2D eigenvalue weighted by molar-refractivity contribution is 8.08. The molecule has 2 aromatic heterocycles. The number of pyridine rings is 1. The van der Waals surface area contributed by atoms with Crippen LogP contribution < -0.4 is 19.7 Å². The maximum absolute atomic E-state index is 13.2. The number of anilines is 1. The number of halogens is 3. The first-order valence-electron chi connectivity index (χ1n) is 9.25. The summed E-state index contributed by atoms with van der Waals surface area (Å²) in [5, 5.41) is 0.494. The SMILES string of the molecule is COC(=O)Cn1c(=O)/c(=C2\Sc3cc(C(F)(F)F)ccc3N2C)s/c1=C\c1ccccn1. The summed E-state index contributed by atoms with van der Waals surface area (Å²) in [6.07, 6.45) is -1.18. The Labute approximate surface area is 188 Å². The first-order chi connectivity index (χ1) is 15.2. The van der Waals surface area contributed by atoms with E-state index in [4.69, 9.17) is 4.74 Å². The second-order valence-corrected chi connectivity index (χ2v) is 8.84. The molecule has 0 amide bonds. The summed E-state index contributed by atoms with van der Waals surface area (Å²) in [7, 11) is 2.92. The molecule has 0 saturated heterocycles. The molecule has 11 heteroatoms. The summed E-state index contributed by atoms with van der Waals surface area (Å²) in [6.45, 7) is -0.294. The fourth-order valence-corrected chi connectivity index (χ4v) is 5.57. The molecule has 4 rings (SSSR count). The van der Waals surface area contributed by atoms with E-state index in [0.29, 0.717) is 30.5 Å². The van der Waals surface area contributed by atoms with E-state index in [-0.39, 0.29) is 6.54 Å². The summed E-state index contributed by atoms with van der Waals surface area (Å²) in [5.41, 5.74) is -0.0207. The van der Waals surface area contributed by atoms with Crippen molar-refractivity contribution in [3.05, 3.63) is 73.4 Å². The van der Waals surface area contributed by atoms with Gasteiger partial charge in [0, 0.05) is 18.1 Å². The van der Waals surface area contributed by atoms with E-state index in [1.807, 2.05) is 0 Å². The van der Waals surface area contributed by atoms with Crippen molar-refractivity contribution in [2.24, 2.45) is 0 Å². The molecule has 0 radical (unpaired) electrons. The molecule has 166 valence electrons. The third-order valence-electron chi connectivity index (χ3n) is 4.74. The van der Waals surface area contributed by atoms with E-state index in [2.05, 4.69) is 4.98 Å². The predicted octanol–water partition coefficient (Wildman–Crippen LogP) is 2.63. The lowest BCUT2D eigenvalue weighted by molar-refractivity contribution is -0.141. The Morgan fingerprint density at radius 3 is 2.69 bits per heavy atom. The van der Waals surface area contributed by atoms with Gasteiger partial charge in [0.2, 0.25) is 0 Å². The molecule has 1 aliphatic heterocycles. The first-order valence-corrected chi connectivity index (χ1v) is 10.9. The van der Waals surface area contributed by atoms with Gasteiger partial charge in [0.1, 0.15) is 20.8 Å². The number of alkyl halides is 3. The van der Waals surface area contributed by atoms with Crippen LogP contribution in [0.1, 0.15) is 11.3 Å². The van der Waals surface area contributed by atoms with Crippen molar-refractivity contribution in [2.75, 3.05) is 19.1 Å². The van der Waals surface area contributed by atoms with E-state index < -0.39 is 23.3 Å². The monoisotopic (exact) mass is 479 g/mol. The highest BCUT2D eigenvalue weighted by atomic mass is 32.2. The number of thioether (sulfide) groups is 1. The highest BCUT2D eigenvalue weighted by Crippen LogP contribution is 2.47. The molecule has 32 heavy (non-hydrogen) atoms. The van der Waals surface area contributed by atoms with Gasteiger partial charge in [-0.25, -0.2) is 0 Å². The van der Waals surface area contributed by atoms with Crippen molar-refractivity contribution in [2.45, 2.75) is 17.6 Å². The number of carbonyl (C=O) groups excluding carboxylic acids is 1.